The van der Waals surface area contributed by atoms with Crippen LogP contribution in [0.4, 0.5) is 13.2 Å². The number of amides is 1. The van der Waals surface area contributed by atoms with Gasteiger partial charge in [0.25, 0.3) is 5.91 Å². The summed E-state index contributed by atoms with van der Waals surface area (Å²) in [6.45, 7) is 1.89. The summed E-state index contributed by atoms with van der Waals surface area (Å²) < 4.78 is 44.4. The third kappa shape index (κ3) is 4.63. The normalized spacial score (nSPS) is 11.3. The Morgan fingerprint density at radius 2 is 1.92 bits per heavy atom. The number of alkyl halides is 3. The number of hydrogen-bond acceptors (Lipinski definition) is 3. The van der Waals surface area contributed by atoms with Crippen molar-refractivity contribution in [2.45, 2.75) is 19.6 Å². The summed E-state index contributed by atoms with van der Waals surface area (Å²) in [5.41, 5.74) is -0.862. The third-order valence-corrected chi connectivity index (χ3v) is 3.70. The van der Waals surface area contributed by atoms with E-state index >= 15 is 0 Å². The molecule has 0 spiro atoms. The Balaban J connectivity index is 2.26. The maximum atomic E-state index is 13.1. The van der Waals surface area contributed by atoms with Gasteiger partial charge in [-0.2, -0.15) is 13.2 Å². The molecule has 0 saturated carbocycles. The molecule has 0 aliphatic heterocycles. The Morgan fingerprint density at radius 3 is 2.56 bits per heavy atom. The molecule has 1 aromatic heterocycles. The van der Waals surface area contributed by atoms with Gasteiger partial charge in [0.05, 0.1) is 17.2 Å². The molecule has 0 aliphatic rings. The molecule has 1 aromatic carbocycles. The van der Waals surface area contributed by atoms with Crippen molar-refractivity contribution >= 4 is 17.5 Å². The second-order valence-electron chi connectivity index (χ2n) is 5.23. The Labute approximate surface area is 148 Å². The van der Waals surface area contributed by atoms with Gasteiger partial charge in [0.15, 0.2) is 5.69 Å². The average molecular weight is 373 g/mol. The maximum Gasteiger partial charge on any atom is 0.416 e. The molecular formula is C17H16ClF3N2O2. The molecule has 4 nitrogen and oxygen atoms in total. The first-order valence-corrected chi connectivity index (χ1v) is 7.81. The lowest BCUT2D eigenvalue weighted by atomic mass is 10.1. The van der Waals surface area contributed by atoms with E-state index in [4.69, 9.17) is 16.3 Å². The van der Waals surface area contributed by atoms with E-state index in [9.17, 15) is 18.0 Å². The SMILES string of the molecule is CCOc1ccc(Cl)c(C(=O)N(C)Cc2ccccc2C(F)(F)F)n1. The standard InChI is InChI=1S/C17H16ClF3N2O2/c1-3-25-14-9-8-13(18)15(22-14)16(24)23(2)10-11-6-4-5-7-12(11)17(19,20)21/h4-9H,3,10H2,1-2H3. The molecule has 0 aliphatic carbocycles. The molecule has 0 fully saturated rings. The number of nitrogens with zero attached hydrogens (tertiary/aromatic N) is 2. The van der Waals surface area contributed by atoms with Gasteiger partial charge >= 0.3 is 6.18 Å². The second kappa shape index (κ2) is 7.74. The van der Waals surface area contributed by atoms with Gasteiger partial charge in [-0.1, -0.05) is 29.8 Å². The van der Waals surface area contributed by atoms with Crippen LogP contribution in [-0.2, 0) is 12.7 Å². The van der Waals surface area contributed by atoms with Crippen molar-refractivity contribution in [3.05, 3.63) is 58.2 Å². The Hall–Kier alpha value is -2.28. The number of pyridine rings is 1. The largest absolute Gasteiger partial charge is 0.478 e. The van der Waals surface area contributed by atoms with Crippen molar-refractivity contribution in [2.24, 2.45) is 0 Å². The quantitative estimate of drug-likeness (QED) is 0.780. The van der Waals surface area contributed by atoms with Crippen LogP contribution in [0, 0.1) is 0 Å². The first-order chi connectivity index (χ1) is 11.7. The zero-order chi connectivity index (χ0) is 18.6. The fourth-order valence-corrected chi connectivity index (χ4v) is 2.43. The van der Waals surface area contributed by atoms with Crippen LogP contribution >= 0.6 is 11.6 Å². The first-order valence-electron chi connectivity index (χ1n) is 7.44. The molecule has 0 unspecified atom stereocenters. The van der Waals surface area contributed by atoms with Crippen molar-refractivity contribution in [2.75, 3.05) is 13.7 Å². The van der Waals surface area contributed by atoms with Crippen molar-refractivity contribution in [3.8, 4) is 5.88 Å². The number of halogens is 4. The zero-order valence-electron chi connectivity index (χ0n) is 13.6. The summed E-state index contributed by atoms with van der Waals surface area (Å²) in [6, 6.07) is 8.08. The van der Waals surface area contributed by atoms with Crippen LogP contribution in [0.2, 0.25) is 5.02 Å². The molecule has 8 heteroatoms. The summed E-state index contributed by atoms with van der Waals surface area (Å²) in [6.07, 6.45) is -4.49. The van der Waals surface area contributed by atoms with Crippen molar-refractivity contribution in [1.29, 1.82) is 0 Å². The Bertz CT molecular complexity index is 766. The Morgan fingerprint density at radius 1 is 1.24 bits per heavy atom. The predicted octanol–water partition coefficient (Wildman–Crippen LogP) is 4.42. The minimum atomic E-state index is -4.49. The highest BCUT2D eigenvalue weighted by Gasteiger charge is 2.33. The smallest absolute Gasteiger partial charge is 0.416 e. The van der Waals surface area contributed by atoms with Crippen LogP contribution in [0.1, 0.15) is 28.5 Å². The van der Waals surface area contributed by atoms with Crippen LogP contribution in [0.15, 0.2) is 36.4 Å². The fourth-order valence-electron chi connectivity index (χ4n) is 2.25. The van der Waals surface area contributed by atoms with Crippen molar-refractivity contribution < 1.29 is 22.7 Å². The van der Waals surface area contributed by atoms with E-state index in [2.05, 4.69) is 4.98 Å². The average Bonchev–Trinajstić information content (AvgIpc) is 2.55. The number of ether oxygens (including phenoxy) is 1. The summed E-state index contributed by atoms with van der Waals surface area (Å²) in [4.78, 5) is 17.7. The van der Waals surface area contributed by atoms with Crippen molar-refractivity contribution in [1.82, 2.24) is 9.88 Å². The van der Waals surface area contributed by atoms with Crippen LogP contribution in [0.5, 0.6) is 5.88 Å². The lowest BCUT2D eigenvalue weighted by Crippen LogP contribution is -2.28. The van der Waals surface area contributed by atoms with E-state index in [1.165, 1.54) is 37.4 Å². The van der Waals surface area contributed by atoms with Gasteiger partial charge in [-0.15, -0.1) is 0 Å². The van der Waals surface area contributed by atoms with E-state index in [0.717, 1.165) is 11.0 Å². The van der Waals surface area contributed by atoms with E-state index in [1.807, 2.05) is 0 Å². The molecular weight excluding hydrogens is 357 g/mol. The van der Waals surface area contributed by atoms with Crippen LogP contribution in [-0.4, -0.2) is 29.4 Å². The predicted molar refractivity (Wildman–Crippen MR) is 87.7 cm³/mol. The zero-order valence-corrected chi connectivity index (χ0v) is 14.4. The maximum absolute atomic E-state index is 13.1. The molecule has 0 radical (unpaired) electrons. The number of hydrogen-bond donors (Lipinski definition) is 0. The molecule has 134 valence electrons. The van der Waals surface area contributed by atoms with Gasteiger partial charge in [-0.3, -0.25) is 4.79 Å². The third-order valence-electron chi connectivity index (χ3n) is 3.39. The number of rotatable bonds is 5. The number of aromatic nitrogens is 1. The van der Waals surface area contributed by atoms with E-state index < -0.39 is 17.6 Å². The van der Waals surface area contributed by atoms with Crippen LogP contribution in [0.3, 0.4) is 0 Å². The highest BCUT2D eigenvalue weighted by atomic mass is 35.5. The molecule has 1 heterocycles. The lowest BCUT2D eigenvalue weighted by molar-refractivity contribution is -0.138. The van der Waals surface area contributed by atoms with Gasteiger partial charge in [0, 0.05) is 19.7 Å². The van der Waals surface area contributed by atoms with Crippen LogP contribution < -0.4 is 4.74 Å². The summed E-state index contributed by atoms with van der Waals surface area (Å²) in [5.74, 6) is -0.372. The van der Waals surface area contributed by atoms with Gasteiger partial charge in [-0.25, -0.2) is 4.98 Å². The molecule has 0 atom stereocenters. The number of benzene rings is 1. The van der Waals surface area contributed by atoms with E-state index in [0.29, 0.717) is 6.61 Å². The van der Waals surface area contributed by atoms with E-state index in [-0.39, 0.29) is 28.7 Å². The molecule has 0 bridgehead atoms. The summed E-state index contributed by atoms with van der Waals surface area (Å²) >= 11 is 6.00. The Kier molecular flexibility index (Phi) is 5.89. The van der Waals surface area contributed by atoms with Gasteiger partial charge < -0.3 is 9.64 Å². The molecule has 25 heavy (non-hydrogen) atoms. The summed E-state index contributed by atoms with van der Waals surface area (Å²) in [7, 11) is 1.39. The highest BCUT2D eigenvalue weighted by Crippen LogP contribution is 2.32. The minimum absolute atomic E-state index is 0.0112. The van der Waals surface area contributed by atoms with Gasteiger partial charge in [0.1, 0.15) is 0 Å². The van der Waals surface area contributed by atoms with Gasteiger partial charge in [-0.05, 0) is 24.6 Å². The summed E-state index contributed by atoms with van der Waals surface area (Å²) in [5, 5.41) is 0.101. The molecule has 0 N–H and O–H groups in total. The van der Waals surface area contributed by atoms with E-state index in [1.54, 1.807) is 6.92 Å². The topological polar surface area (TPSA) is 42.4 Å². The fraction of sp³-hybridized carbons (Fsp3) is 0.294. The number of carbonyl (C=O) groups excluding carboxylic acids is 1. The molecule has 2 aromatic rings. The second-order valence-corrected chi connectivity index (χ2v) is 5.64. The minimum Gasteiger partial charge on any atom is -0.478 e. The lowest BCUT2D eigenvalue weighted by Gasteiger charge is -2.20. The number of carbonyl (C=O) groups is 1. The van der Waals surface area contributed by atoms with Crippen LogP contribution in [0.25, 0.3) is 0 Å². The first kappa shape index (κ1) is 19.1. The molecule has 1 amide bonds. The molecule has 0 saturated heterocycles. The molecule has 2 rings (SSSR count). The monoisotopic (exact) mass is 372 g/mol. The highest BCUT2D eigenvalue weighted by molar-refractivity contribution is 6.33. The van der Waals surface area contributed by atoms with Crippen molar-refractivity contribution in [3.63, 3.8) is 0 Å². The van der Waals surface area contributed by atoms with Gasteiger partial charge in [0.2, 0.25) is 5.88 Å².